The number of anilines is 1. The van der Waals surface area contributed by atoms with E-state index in [9.17, 15) is 0 Å². The third-order valence-electron chi connectivity index (χ3n) is 5.35. The number of nitrogens with one attached hydrogen (secondary N) is 1. The summed E-state index contributed by atoms with van der Waals surface area (Å²) in [5.41, 5.74) is 0. The Morgan fingerprint density at radius 2 is 1.94 bits per heavy atom. The molecule has 1 N–H and O–H groups in total. The summed E-state index contributed by atoms with van der Waals surface area (Å²) in [6.45, 7) is 6.98. The topological polar surface area (TPSA) is 62.2 Å². The molecule has 180 valence electrons. The van der Waals surface area contributed by atoms with Crippen LogP contribution in [-0.2, 0) is 9.47 Å². The van der Waals surface area contributed by atoms with Crippen molar-refractivity contribution < 1.29 is 9.47 Å². The average Bonchev–Trinajstić information content (AvgIpc) is 2.86. The van der Waals surface area contributed by atoms with E-state index in [1.54, 1.807) is 11.8 Å². The third kappa shape index (κ3) is 8.33. The Labute approximate surface area is 215 Å². The molecule has 0 bridgehead atoms. The molecule has 2 saturated heterocycles. The first-order valence-electron chi connectivity index (χ1n) is 11.0. The van der Waals surface area contributed by atoms with Gasteiger partial charge in [0.1, 0.15) is 11.9 Å². The molecule has 1 aromatic heterocycles. The lowest BCUT2D eigenvalue weighted by Crippen LogP contribution is -2.53. The van der Waals surface area contributed by atoms with Gasteiger partial charge in [-0.2, -0.15) is 0 Å². The number of thioether (sulfide) groups is 1. The molecule has 0 spiro atoms. The highest BCUT2D eigenvalue weighted by atomic mass is 79.9. The van der Waals surface area contributed by atoms with Crippen LogP contribution in [0.1, 0.15) is 0 Å². The lowest BCUT2D eigenvalue weighted by molar-refractivity contribution is -0.0833. The van der Waals surface area contributed by atoms with E-state index in [2.05, 4.69) is 38.3 Å². The van der Waals surface area contributed by atoms with Gasteiger partial charge in [0.25, 0.3) is 0 Å². The molecule has 0 radical (unpaired) electrons. The molecule has 2 aliphatic rings. The maximum Gasteiger partial charge on any atom is 0.194 e. The number of benzene rings is 1. The van der Waals surface area contributed by atoms with E-state index >= 15 is 0 Å². The first-order valence-corrected chi connectivity index (χ1v) is 12.4. The van der Waals surface area contributed by atoms with Crippen molar-refractivity contribution in [3.8, 4) is 0 Å². The molecule has 7 nitrogen and oxygen atoms in total. The van der Waals surface area contributed by atoms with Gasteiger partial charge >= 0.3 is 0 Å². The molecule has 1 atom stereocenters. The number of rotatable bonds is 7. The molecular weight excluding hydrogens is 526 g/mol. The molecule has 4 rings (SSSR count). The van der Waals surface area contributed by atoms with E-state index in [1.807, 2.05) is 30.5 Å². The highest BCUT2D eigenvalue weighted by molar-refractivity contribution is 8.93. The van der Waals surface area contributed by atoms with Gasteiger partial charge in [-0.15, -0.1) is 28.7 Å². The van der Waals surface area contributed by atoms with Crippen molar-refractivity contribution in [2.24, 2.45) is 4.99 Å². The van der Waals surface area contributed by atoms with Crippen molar-refractivity contribution in [1.29, 1.82) is 0 Å². The highest BCUT2D eigenvalue weighted by Crippen LogP contribution is 2.20. The Morgan fingerprint density at radius 3 is 2.64 bits per heavy atom. The maximum absolute atomic E-state index is 5.98. The lowest BCUT2D eigenvalue weighted by atomic mass is 10.3. The molecule has 2 fully saturated rings. The maximum atomic E-state index is 5.98. The van der Waals surface area contributed by atoms with Crippen molar-refractivity contribution in [2.75, 3.05) is 69.7 Å². The quantitative estimate of drug-likeness (QED) is 0.242. The van der Waals surface area contributed by atoms with Gasteiger partial charge in [-0.1, -0.05) is 17.7 Å². The molecule has 3 heterocycles. The van der Waals surface area contributed by atoms with Gasteiger partial charge in [-0.25, -0.2) is 4.98 Å². The zero-order valence-electron chi connectivity index (χ0n) is 18.6. The largest absolute Gasteiger partial charge is 0.376 e. The molecule has 0 unspecified atom stereocenters. The Balaban J connectivity index is 0.00000306. The van der Waals surface area contributed by atoms with Crippen LogP contribution in [0.15, 0.2) is 58.5 Å². The summed E-state index contributed by atoms with van der Waals surface area (Å²) in [4.78, 5) is 15.2. The second-order valence-corrected chi connectivity index (χ2v) is 9.23. The summed E-state index contributed by atoms with van der Waals surface area (Å²) in [7, 11) is 0. The highest BCUT2D eigenvalue weighted by Gasteiger charge is 2.21. The number of pyridine rings is 1. The molecule has 33 heavy (non-hydrogen) atoms. The Morgan fingerprint density at radius 1 is 1.12 bits per heavy atom. The smallest absolute Gasteiger partial charge is 0.194 e. The number of aliphatic imine (C=N–C) groups is 1. The van der Waals surface area contributed by atoms with Crippen LogP contribution in [-0.4, -0.2) is 86.8 Å². The van der Waals surface area contributed by atoms with Crippen LogP contribution < -0.4 is 10.2 Å². The van der Waals surface area contributed by atoms with Crippen LogP contribution in [0.25, 0.3) is 0 Å². The minimum Gasteiger partial charge on any atom is -0.376 e. The number of aromatic nitrogens is 1. The standard InChI is InChI=1S/C23H30ClN5O2S.BrH/c24-19-4-6-21(7-5-19)32-16-9-26-23(27-17-20-18-30-14-15-31-20)29-12-10-28(11-13-29)22-3-1-2-8-25-22;/h1-8,20H,9-18H2,(H,26,27);1H/t20-;/m1./s1. The van der Waals surface area contributed by atoms with Crippen molar-refractivity contribution in [2.45, 2.75) is 11.0 Å². The van der Waals surface area contributed by atoms with Crippen molar-refractivity contribution in [3.05, 3.63) is 53.7 Å². The Bertz CT molecular complexity index is 848. The van der Waals surface area contributed by atoms with Crippen LogP contribution in [0.2, 0.25) is 5.02 Å². The number of piperazine rings is 1. The Kier molecular flexibility index (Phi) is 11.1. The van der Waals surface area contributed by atoms with Crippen LogP contribution in [0, 0.1) is 0 Å². The van der Waals surface area contributed by atoms with Gasteiger partial charge in [-0.05, 0) is 36.4 Å². The number of ether oxygens (including phenoxy) is 2. The predicted octanol–water partition coefficient (Wildman–Crippen LogP) is 3.59. The van der Waals surface area contributed by atoms with E-state index in [0.717, 1.165) is 55.3 Å². The minimum absolute atomic E-state index is 0. The monoisotopic (exact) mass is 555 g/mol. The van der Waals surface area contributed by atoms with E-state index in [0.29, 0.717) is 26.4 Å². The molecule has 0 amide bonds. The fourth-order valence-electron chi connectivity index (χ4n) is 3.65. The molecule has 1 aromatic carbocycles. The van der Waals surface area contributed by atoms with Gasteiger partial charge in [0, 0.05) is 54.6 Å². The predicted molar refractivity (Wildman–Crippen MR) is 141 cm³/mol. The summed E-state index contributed by atoms with van der Waals surface area (Å²) >= 11 is 7.79. The zero-order valence-corrected chi connectivity index (χ0v) is 21.9. The average molecular weight is 557 g/mol. The molecule has 10 heteroatoms. The SMILES string of the molecule is Br.Clc1ccc(SCCNC(=NC[C@@H]2COCCO2)N2CCN(c3ccccn3)CC2)cc1. The van der Waals surface area contributed by atoms with Crippen LogP contribution >= 0.6 is 40.3 Å². The third-order valence-corrected chi connectivity index (χ3v) is 6.62. The molecule has 0 saturated carbocycles. The van der Waals surface area contributed by atoms with Crippen LogP contribution in [0.3, 0.4) is 0 Å². The van der Waals surface area contributed by atoms with Gasteiger partial charge in [0.2, 0.25) is 0 Å². The van der Waals surface area contributed by atoms with Crippen molar-refractivity contribution >= 4 is 52.1 Å². The first kappa shape index (κ1) is 26.1. The molecule has 0 aliphatic carbocycles. The summed E-state index contributed by atoms with van der Waals surface area (Å²) < 4.78 is 11.3. The normalized spacial score (nSPS) is 19.2. The van der Waals surface area contributed by atoms with E-state index in [4.69, 9.17) is 26.1 Å². The number of hydrogen-bond donors (Lipinski definition) is 1. The van der Waals surface area contributed by atoms with Crippen LogP contribution in [0.4, 0.5) is 5.82 Å². The van der Waals surface area contributed by atoms with Gasteiger partial charge in [0.05, 0.1) is 26.4 Å². The summed E-state index contributed by atoms with van der Waals surface area (Å²) in [5.74, 6) is 2.92. The van der Waals surface area contributed by atoms with Crippen molar-refractivity contribution in [3.63, 3.8) is 0 Å². The fourth-order valence-corrected chi connectivity index (χ4v) is 4.54. The summed E-state index contributed by atoms with van der Waals surface area (Å²) in [6, 6.07) is 14.0. The van der Waals surface area contributed by atoms with Crippen LogP contribution in [0.5, 0.6) is 0 Å². The minimum atomic E-state index is 0. The first-order chi connectivity index (χ1) is 15.8. The number of nitrogens with zero attached hydrogens (tertiary/aromatic N) is 4. The number of guanidine groups is 1. The van der Waals surface area contributed by atoms with Gasteiger partial charge in [0.15, 0.2) is 5.96 Å². The summed E-state index contributed by atoms with van der Waals surface area (Å²) in [6.07, 6.45) is 1.87. The van der Waals surface area contributed by atoms with E-state index in [1.165, 1.54) is 4.90 Å². The van der Waals surface area contributed by atoms with Gasteiger partial charge < -0.3 is 24.6 Å². The second kappa shape index (κ2) is 14.0. The molecular formula is C23H31BrClN5O2S. The molecule has 2 aliphatic heterocycles. The van der Waals surface area contributed by atoms with E-state index in [-0.39, 0.29) is 23.1 Å². The number of hydrogen-bond acceptors (Lipinski definition) is 6. The summed E-state index contributed by atoms with van der Waals surface area (Å²) in [5, 5.41) is 4.33. The zero-order chi connectivity index (χ0) is 22.0. The van der Waals surface area contributed by atoms with Crippen molar-refractivity contribution in [1.82, 2.24) is 15.2 Å². The fraction of sp³-hybridized carbons (Fsp3) is 0.478. The lowest BCUT2D eigenvalue weighted by Gasteiger charge is -2.37. The van der Waals surface area contributed by atoms with Gasteiger partial charge in [-0.3, -0.25) is 4.99 Å². The number of halogens is 2. The Hall–Kier alpha value is -1.52. The second-order valence-electron chi connectivity index (χ2n) is 7.62. The van der Waals surface area contributed by atoms with E-state index < -0.39 is 0 Å². The molecule has 2 aromatic rings.